The van der Waals surface area contributed by atoms with Crippen LogP contribution in [-0.4, -0.2) is 29.7 Å². The molecule has 5 heteroatoms. The second kappa shape index (κ2) is 6.42. The molecular weight excluding hydrogens is 324 g/mol. The van der Waals surface area contributed by atoms with E-state index in [1.807, 2.05) is 50.4 Å². The molecule has 0 saturated heterocycles. The van der Waals surface area contributed by atoms with Crippen molar-refractivity contribution in [2.45, 2.75) is 26.4 Å². The molecular formula is C21H22N4O. The highest BCUT2D eigenvalue weighted by Crippen LogP contribution is 2.35. The third-order valence-electron chi connectivity index (χ3n) is 4.89. The van der Waals surface area contributed by atoms with Gasteiger partial charge in [-0.25, -0.2) is 10.0 Å². The molecule has 2 aromatic carbocycles. The molecule has 2 aliphatic heterocycles. The van der Waals surface area contributed by atoms with Crippen LogP contribution in [0.15, 0.2) is 64.8 Å². The molecule has 0 spiro atoms. The molecule has 0 saturated carbocycles. The molecule has 132 valence electrons. The summed E-state index contributed by atoms with van der Waals surface area (Å²) in [4.78, 5) is 16.8. The largest absolute Gasteiger partial charge is 0.364 e. The lowest BCUT2D eigenvalue weighted by molar-refractivity contribution is 0.0988. The van der Waals surface area contributed by atoms with Crippen LogP contribution in [0.5, 0.6) is 0 Å². The maximum Gasteiger partial charge on any atom is 0.162 e. The third-order valence-corrected chi connectivity index (χ3v) is 4.89. The number of allylic oxidation sites excluding steroid dienone is 1. The Kier molecular flexibility index (Phi) is 4.09. The van der Waals surface area contributed by atoms with Crippen LogP contribution in [0, 0.1) is 0 Å². The quantitative estimate of drug-likeness (QED) is 0.828. The molecule has 0 aromatic heterocycles. The molecule has 0 bridgehead atoms. The lowest BCUT2D eigenvalue weighted by atomic mass is 9.93. The van der Waals surface area contributed by atoms with Crippen LogP contribution in [0.2, 0.25) is 0 Å². The average molecular weight is 346 g/mol. The first kappa shape index (κ1) is 16.5. The number of rotatable bonds is 3. The van der Waals surface area contributed by atoms with Crippen LogP contribution in [0.1, 0.15) is 36.2 Å². The molecule has 0 fully saturated rings. The molecule has 4 rings (SSSR count). The standard InChI is InChI=1S/C21H22N4O/c1-4-18(26)14-9-11-15(12-10-14)22-20-16-7-5-6-8-17(16)23-21-19(20)13(2)24-25(21)3/h5-12,21,23-24H,4H2,1-3H3. The normalized spacial score (nSPS) is 20.4. The number of para-hydroxylation sites is 1. The number of aliphatic imine (C=N–C) groups is 1. The van der Waals surface area contributed by atoms with Crippen LogP contribution < -0.4 is 10.7 Å². The molecule has 26 heavy (non-hydrogen) atoms. The second-order valence-electron chi connectivity index (χ2n) is 6.64. The van der Waals surface area contributed by atoms with E-state index in [4.69, 9.17) is 4.99 Å². The van der Waals surface area contributed by atoms with Gasteiger partial charge < -0.3 is 10.7 Å². The summed E-state index contributed by atoms with van der Waals surface area (Å²) in [6.45, 7) is 3.95. The van der Waals surface area contributed by atoms with Gasteiger partial charge >= 0.3 is 0 Å². The summed E-state index contributed by atoms with van der Waals surface area (Å²) in [5.41, 5.74) is 10.3. The zero-order chi connectivity index (χ0) is 18.3. The fourth-order valence-electron chi connectivity index (χ4n) is 3.55. The molecule has 0 radical (unpaired) electrons. The van der Waals surface area contributed by atoms with Gasteiger partial charge in [-0.05, 0) is 37.3 Å². The minimum atomic E-state index is 0.0459. The van der Waals surface area contributed by atoms with E-state index >= 15 is 0 Å². The summed E-state index contributed by atoms with van der Waals surface area (Å²) in [6.07, 6.45) is 0.558. The number of carbonyl (C=O) groups excluding carboxylic acids is 1. The maximum absolute atomic E-state index is 11.8. The Balaban J connectivity index is 1.81. The number of hydrogen-bond donors (Lipinski definition) is 2. The van der Waals surface area contributed by atoms with Crippen LogP contribution in [0.3, 0.4) is 0 Å². The van der Waals surface area contributed by atoms with Gasteiger partial charge in [0.25, 0.3) is 0 Å². The highest BCUT2D eigenvalue weighted by atomic mass is 16.1. The number of anilines is 1. The van der Waals surface area contributed by atoms with Gasteiger partial charge in [-0.1, -0.05) is 25.1 Å². The van der Waals surface area contributed by atoms with Crippen molar-refractivity contribution in [3.05, 3.63) is 70.9 Å². The summed E-state index contributed by atoms with van der Waals surface area (Å²) >= 11 is 0. The fourth-order valence-corrected chi connectivity index (χ4v) is 3.55. The number of nitrogens with zero attached hydrogens (tertiary/aromatic N) is 2. The van der Waals surface area contributed by atoms with Crippen molar-refractivity contribution in [1.82, 2.24) is 10.4 Å². The van der Waals surface area contributed by atoms with Gasteiger partial charge in [-0.2, -0.15) is 0 Å². The summed E-state index contributed by atoms with van der Waals surface area (Å²) in [7, 11) is 2.02. The maximum atomic E-state index is 11.8. The van der Waals surface area contributed by atoms with Gasteiger partial charge in [0.1, 0.15) is 6.17 Å². The molecule has 2 heterocycles. The van der Waals surface area contributed by atoms with Gasteiger partial charge in [0.15, 0.2) is 5.78 Å². The van der Waals surface area contributed by atoms with Gasteiger partial charge in [-0.3, -0.25) is 4.79 Å². The van der Waals surface area contributed by atoms with Gasteiger partial charge in [0, 0.05) is 41.6 Å². The summed E-state index contributed by atoms with van der Waals surface area (Å²) in [5.74, 6) is 0.150. The van der Waals surface area contributed by atoms with Crippen molar-refractivity contribution in [1.29, 1.82) is 0 Å². The van der Waals surface area contributed by atoms with Crippen LogP contribution in [0.25, 0.3) is 0 Å². The molecule has 2 N–H and O–H groups in total. The summed E-state index contributed by atoms with van der Waals surface area (Å²) in [5, 5.41) is 5.62. The Morgan fingerprint density at radius 1 is 1.15 bits per heavy atom. The van der Waals surface area contributed by atoms with Crippen molar-refractivity contribution in [3.63, 3.8) is 0 Å². The highest BCUT2D eigenvalue weighted by Gasteiger charge is 2.36. The first-order chi connectivity index (χ1) is 12.6. The van der Waals surface area contributed by atoms with Gasteiger partial charge in [-0.15, -0.1) is 0 Å². The zero-order valence-corrected chi connectivity index (χ0v) is 15.2. The molecule has 1 atom stereocenters. The molecule has 1 unspecified atom stereocenters. The first-order valence-corrected chi connectivity index (χ1v) is 8.87. The van der Waals surface area contributed by atoms with Crippen molar-refractivity contribution in [2.75, 3.05) is 12.4 Å². The highest BCUT2D eigenvalue weighted by molar-refractivity contribution is 6.19. The van der Waals surface area contributed by atoms with Crippen molar-refractivity contribution in [3.8, 4) is 0 Å². The average Bonchev–Trinajstić information content (AvgIpc) is 2.95. The SMILES string of the molecule is CCC(=O)c1ccc(N=C2C3=C(C)NN(C)C3Nc3ccccc32)cc1. The Hall–Kier alpha value is -2.92. The Bertz CT molecular complexity index is 927. The number of benzene rings is 2. The predicted molar refractivity (Wildman–Crippen MR) is 105 cm³/mol. The summed E-state index contributed by atoms with van der Waals surface area (Å²) < 4.78 is 0. The molecule has 5 nitrogen and oxygen atoms in total. The van der Waals surface area contributed by atoms with E-state index in [1.165, 1.54) is 0 Å². The minimum absolute atomic E-state index is 0.0459. The van der Waals surface area contributed by atoms with E-state index in [-0.39, 0.29) is 11.9 Å². The third kappa shape index (κ3) is 2.70. The van der Waals surface area contributed by atoms with Crippen molar-refractivity contribution >= 4 is 22.9 Å². The van der Waals surface area contributed by atoms with E-state index in [1.54, 1.807) is 0 Å². The number of Topliss-reactive ketones (excluding diaryl/α,β-unsaturated/α-hetero) is 1. The lowest BCUT2D eigenvalue weighted by Gasteiger charge is -2.31. The number of likely N-dealkylation sites (N-methyl/N-ethyl adjacent to an activating group) is 1. The smallest absolute Gasteiger partial charge is 0.162 e. The number of fused-ring (bicyclic) bond motifs is 2. The van der Waals surface area contributed by atoms with Gasteiger partial charge in [0.05, 0.1) is 11.4 Å². The Labute approximate surface area is 153 Å². The van der Waals surface area contributed by atoms with E-state index in [2.05, 4.69) is 34.8 Å². The van der Waals surface area contributed by atoms with Crippen molar-refractivity contribution in [2.24, 2.45) is 4.99 Å². The minimum Gasteiger partial charge on any atom is -0.364 e. The number of hydrazine groups is 1. The lowest BCUT2D eigenvalue weighted by Crippen LogP contribution is -2.43. The second-order valence-corrected chi connectivity index (χ2v) is 6.64. The van der Waals surface area contributed by atoms with E-state index < -0.39 is 0 Å². The fraction of sp³-hybridized carbons (Fsp3) is 0.238. The molecule has 0 amide bonds. The van der Waals surface area contributed by atoms with Crippen LogP contribution in [-0.2, 0) is 0 Å². The molecule has 0 aliphatic carbocycles. The van der Waals surface area contributed by atoms with Crippen LogP contribution in [0.4, 0.5) is 11.4 Å². The summed E-state index contributed by atoms with van der Waals surface area (Å²) in [6, 6.07) is 15.8. The Morgan fingerprint density at radius 3 is 2.62 bits per heavy atom. The predicted octanol–water partition coefficient (Wildman–Crippen LogP) is 3.88. The number of ketones is 1. The number of nitrogens with one attached hydrogen (secondary N) is 2. The van der Waals surface area contributed by atoms with E-state index in [9.17, 15) is 4.79 Å². The number of hydrogen-bond acceptors (Lipinski definition) is 5. The first-order valence-electron chi connectivity index (χ1n) is 8.87. The van der Waals surface area contributed by atoms with Crippen LogP contribution >= 0.6 is 0 Å². The van der Waals surface area contributed by atoms with Crippen molar-refractivity contribution < 1.29 is 4.79 Å². The van der Waals surface area contributed by atoms with Gasteiger partial charge in [0.2, 0.25) is 0 Å². The number of carbonyl (C=O) groups is 1. The van der Waals surface area contributed by atoms with E-state index in [0.29, 0.717) is 6.42 Å². The molecule has 2 aromatic rings. The topological polar surface area (TPSA) is 56.7 Å². The zero-order valence-electron chi connectivity index (χ0n) is 15.2. The molecule has 2 aliphatic rings. The Morgan fingerprint density at radius 2 is 1.88 bits per heavy atom. The monoisotopic (exact) mass is 346 g/mol. The van der Waals surface area contributed by atoms with E-state index in [0.717, 1.165) is 39.5 Å².